The molecule has 166 valence electrons. The minimum atomic E-state index is -0.0408. The highest BCUT2D eigenvalue weighted by molar-refractivity contribution is 6.30. The van der Waals surface area contributed by atoms with Gasteiger partial charge in [0, 0.05) is 53.4 Å². The SMILES string of the molecule is CC(C)(C)c1[nH]ncc1CN1CCOC(c2cc(CCOc3ccc(Cl)cc3)[nH]n2)C1. The molecular formula is C23H30ClN5O2. The lowest BCUT2D eigenvalue weighted by atomic mass is 9.89. The Morgan fingerprint density at radius 2 is 2.03 bits per heavy atom. The van der Waals surface area contributed by atoms with E-state index in [1.54, 1.807) is 0 Å². The van der Waals surface area contributed by atoms with Crippen LogP contribution in [0.25, 0.3) is 0 Å². The third-order valence-electron chi connectivity index (χ3n) is 5.45. The number of halogens is 1. The molecule has 0 aliphatic carbocycles. The van der Waals surface area contributed by atoms with Crippen LogP contribution in [-0.2, 0) is 23.1 Å². The predicted octanol–water partition coefficient (Wildman–Crippen LogP) is 4.28. The molecule has 1 aliphatic rings. The maximum atomic E-state index is 6.02. The van der Waals surface area contributed by atoms with Crippen molar-refractivity contribution in [3.05, 3.63) is 64.2 Å². The van der Waals surface area contributed by atoms with E-state index in [0.29, 0.717) is 18.2 Å². The molecule has 0 spiro atoms. The molecular weight excluding hydrogens is 414 g/mol. The summed E-state index contributed by atoms with van der Waals surface area (Å²) in [6, 6.07) is 9.47. The summed E-state index contributed by atoms with van der Waals surface area (Å²) in [6.07, 6.45) is 2.65. The van der Waals surface area contributed by atoms with Gasteiger partial charge in [-0.3, -0.25) is 15.1 Å². The molecule has 0 radical (unpaired) electrons. The average molecular weight is 444 g/mol. The van der Waals surface area contributed by atoms with E-state index >= 15 is 0 Å². The van der Waals surface area contributed by atoms with Crippen molar-refractivity contribution in [2.75, 3.05) is 26.3 Å². The molecule has 1 saturated heterocycles. The largest absolute Gasteiger partial charge is 0.493 e. The smallest absolute Gasteiger partial charge is 0.119 e. The number of ether oxygens (including phenoxy) is 2. The lowest BCUT2D eigenvalue weighted by molar-refractivity contribution is -0.0351. The van der Waals surface area contributed by atoms with Crippen molar-refractivity contribution in [1.29, 1.82) is 0 Å². The Balaban J connectivity index is 1.31. The van der Waals surface area contributed by atoms with E-state index in [1.807, 2.05) is 30.5 Å². The third kappa shape index (κ3) is 5.67. The van der Waals surface area contributed by atoms with Gasteiger partial charge < -0.3 is 9.47 Å². The van der Waals surface area contributed by atoms with E-state index < -0.39 is 0 Å². The fourth-order valence-corrected chi connectivity index (χ4v) is 3.95. The zero-order chi connectivity index (χ0) is 21.8. The number of hydrogen-bond donors (Lipinski definition) is 2. The molecule has 8 heteroatoms. The summed E-state index contributed by atoms with van der Waals surface area (Å²) in [5, 5.41) is 15.8. The summed E-state index contributed by atoms with van der Waals surface area (Å²) in [6.45, 7) is 10.4. The Kier molecular flexibility index (Phi) is 6.65. The summed E-state index contributed by atoms with van der Waals surface area (Å²) < 4.78 is 11.8. The zero-order valence-corrected chi connectivity index (χ0v) is 19.1. The van der Waals surface area contributed by atoms with Crippen LogP contribution < -0.4 is 4.74 Å². The van der Waals surface area contributed by atoms with Gasteiger partial charge in [-0.15, -0.1) is 0 Å². The van der Waals surface area contributed by atoms with Gasteiger partial charge in [0.2, 0.25) is 0 Å². The molecule has 1 atom stereocenters. The highest BCUT2D eigenvalue weighted by Crippen LogP contribution is 2.27. The van der Waals surface area contributed by atoms with Crippen molar-refractivity contribution in [2.45, 2.75) is 45.3 Å². The molecule has 4 rings (SSSR count). The Morgan fingerprint density at radius 3 is 2.81 bits per heavy atom. The first-order chi connectivity index (χ1) is 14.9. The van der Waals surface area contributed by atoms with Gasteiger partial charge in [-0.2, -0.15) is 10.2 Å². The molecule has 0 saturated carbocycles. The van der Waals surface area contributed by atoms with Gasteiger partial charge in [0.25, 0.3) is 0 Å². The highest BCUT2D eigenvalue weighted by Gasteiger charge is 2.27. The van der Waals surface area contributed by atoms with Gasteiger partial charge >= 0.3 is 0 Å². The van der Waals surface area contributed by atoms with Crippen LogP contribution in [0, 0.1) is 0 Å². The number of nitrogens with zero attached hydrogens (tertiary/aromatic N) is 3. The number of rotatable bonds is 7. The number of benzene rings is 1. The lowest BCUT2D eigenvalue weighted by Gasteiger charge is -2.32. The maximum Gasteiger partial charge on any atom is 0.119 e. The number of hydrogen-bond acceptors (Lipinski definition) is 5. The van der Waals surface area contributed by atoms with Crippen molar-refractivity contribution in [1.82, 2.24) is 25.3 Å². The van der Waals surface area contributed by atoms with Crippen molar-refractivity contribution in [3.8, 4) is 5.75 Å². The number of nitrogens with one attached hydrogen (secondary N) is 2. The topological polar surface area (TPSA) is 79.1 Å². The first-order valence-electron chi connectivity index (χ1n) is 10.7. The van der Waals surface area contributed by atoms with Crippen molar-refractivity contribution in [3.63, 3.8) is 0 Å². The number of morpholine rings is 1. The molecule has 1 unspecified atom stereocenters. The first kappa shape index (κ1) is 21.9. The second-order valence-electron chi connectivity index (χ2n) is 8.99. The average Bonchev–Trinajstić information content (AvgIpc) is 3.39. The fourth-order valence-electron chi connectivity index (χ4n) is 3.83. The molecule has 7 nitrogen and oxygen atoms in total. The van der Waals surface area contributed by atoms with Gasteiger partial charge in [-0.25, -0.2) is 0 Å². The molecule has 0 bridgehead atoms. The standard InChI is InChI=1S/C23H30ClN5O2/c1-23(2,3)22-16(13-25-28-22)14-29-9-11-31-21(15-29)20-12-18(26-27-20)8-10-30-19-6-4-17(24)5-7-19/h4-7,12-13,21H,8-11,14-15H2,1-3H3,(H,25,28)(H,26,27). The fraction of sp³-hybridized carbons (Fsp3) is 0.478. The first-order valence-corrected chi connectivity index (χ1v) is 11.1. The van der Waals surface area contributed by atoms with E-state index in [9.17, 15) is 0 Å². The van der Waals surface area contributed by atoms with E-state index in [0.717, 1.165) is 43.2 Å². The number of aromatic amines is 2. The van der Waals surface area contributed by atoms with Crippen LogP contribution in [0.4, 0.5) is 0 Å². The summed E-state index contributed by atoms with van der Waals surface area (Å²) in [5.41, 5.74) is 4.46. The predicted molar refractivity (Wildman–Crippen MR) is 120 cm³/mol. The van der Waals surface area contributed by atoms with E-state index in [1.165, 1.54) is 11.3 Å². The van der Waals surface area contributed by atoms with E-state index in [-0.39, 0.29) is 11.5 Å². The minimum Gasteiger partial charge on any atom is -0.493 e. The van der Waals surface area contributed by atoms with E-state index in [4.69, 9.17) is 21.1 Å². The monoisotopic (exact) mass is 443 g/mol. The van der Waals surface area contributed by atoms with Crippen molar-refractivity contribution < 1.29 is 9.47 Å². The molecule has 1 aliphatic heterocycles. The molecule has 0 amide bonds. The molecule has 2 N–H and O–H groups in total. The Labute approximate surface area is 188 Å². The quantitative estimate of drug-likeness (QED) is 0.569. The maximum absolute atomic E-state index is 6.02. The van der Waals surface area contributed by atoms with Crippen molar-refractivity contribution in [2.24, 2.45) is 0 Å². The number of aromatic nitrogens is 4. The van der Waals surface area contributed by atoms with Gasteiger partial charge in [-0.05, 0) is 30.3 Å². The second kappa shape index (κ2) is 9.42. The van der Waals surface area contributed by atoms with Crippen LogP contribution >= 0.6 is 11.6 Å². The van der Waals surface area contributed by atoms with Crippen molar-refractivity contribution >= 4 is 11.6 Å². The lowest BCUT2D eigenvalue weighted by Crippen LogP contribution is -2.38. The molecule has 31 heavy (non-hydrogen) atoms. The molecule has 1 fully saturated rings. The highest BCUT2D eigenvalue weighted by atomic mass is 35.5. The summed E-state index contributed by atoms with van der Waals surface area (Å²) in [7, 11) is 0. The van der Waals surface area contributed by atoms with Crippen LogP contribution in [0.15, 0.2) is 36.5 Å². The van der Waals surface area contributed by atoms with Crippen LogP contribution in [-0.4, -0.2) is 51.6 Å². The van der Waals surface area contributed by atoms with Gasteiger partial charge in [0.1, 0.15) is 11.9 Å². The molecule has 3 heterocycles. The minimum absolute atomic E-state index is 0.0408. The van der Waals surface area contributed by atoms with E-state index in [2.05, 4.69) is 52.1 Å². The normalized spacial score (nSPS) is 17.7. The van der Waals surface area contributed by atoms with Crippen LogP contribution in [0.3, 0.4) is 0 Å². The van der Waals surface area contributed by atoms with Gasteiger partial charge in [0.15, 0.2) is 0 Å². The second-order valence-corrected chi connectivity index (χ2v) is 9.42. The Hall–Kier alpha value is -2.35. The van der Waals surface area contributed by atoms with Gasteiger partial charge in [0.05, 0.1) is 25.1 Å². The summed E-state index contributed by atoms with van der Waals surface area (Å²) in [4.78, 5) is 2.41. The van der Waals surface area contributed by atoms with Crippen LogP contribution in [0.1, 0.15) is 49.5 Å². The molecule has 1 aromatic carbocycles. The third-order valence-corrected chi connectivity index (χ3v) is 5.70. The Morgan fingerprint density at radius 1 is 1.23 bits per heavy atom. The van der Waals surface area contributed by atoms with Crippen LogP contribution in [0.2, 0.25) is 5.02 Å². The zero-order valence-electron chi connectivity index (χ0n) is 18.3. The van der Waals surface area contributed by atoms with Crippen LogP contribution in [0.5, 0.6) is 5.75 Å². The Bertz CT molecular complexity index is 977. The summed E-state index contributed by atoms with van der Waals surface area (Å²) in [5.74, 6) is 0.810. The molecule has 3 aromatic rings. The molecule has 2 aromatic heterocycles. The van der Waals surface area contributed by atoms with Gasteiger partial charge in [-0.1, -0.05) is 32.4 Å². The summed E-state index contributed by atoms with van der Waals surface area (Å²) >= 11 is 5.91. The number of H-pyrrole nitrogens is 2.